The minimum absolute atomic E-state index is 0.0652. The predicted octanol–water partition coefficient (Wildman–Crippen LogP) is 1.18. The molecular weight excluding hydrogens is 184 g/mol. The van der Waals surface area contributed by atoms with Gasteiger partial charge in [-0.05, 0) is 12.1 Å². The van der Waals surface area contributed by atoms with E-state index in [9.17, 15) is 5.11 Å². The largest absolute Gasteiger partial charge is 0.508 e. The van der Waals surface area contributed by atoms with Crippen LogP contribution in [0, 0.1) is 0 Å². The molecule has 2 rings (SSSR count). The van der Waals surface area contributed by atoms with E-state index < -0.39 is 0 Å². The molecule has 0 aliphatic carbocycles. The number of aromatic hydroxyl groups is 1. The average molecular weight is 196 g/mol. The number of methoxy groups -OCH3 is 1. The van der Waals surface area contributed by atoms with Crippen molar-refractivity contribution in [2.75, 3.05) is 20.3 Å². The Bertz CT molecular complexity index is 324. The summed E-state index contributed by atoms with van der Waals surface area (Å²) in [4.78, 5) is 0. The lowest BCUT2D eigenvalue weighted by molar-refractivity contribution is 0.0366. The molecule has 0 saturated carbocycles. The highest BCUT2D eigenvalue weighted by Crippen LogP contribution is 2.32. The second kappa shape index (κ2) is 3.75. The highest BCUT2D eigenvalue weighted by molar-refractivity contribution is 5.45. The number of fused-ring (bicyclic) bond motifs is 1. The quantitative estimate of drug-likeness (QED) is 0.732. The zero-order chi connectivity index (χ0) is 9.97. The van der Waals surface area contributed by atoms with Gasteiger partial charge in [0.1, 0.15) is 25.1 Å². The number of hydrogen-bond donors (Lipinski definition) is 1. The molecule has 0 saturated heterocycles. The Balaban J connectivity index is 2.21. The maximum atomic E-state index is 9.24. The first kappa shape index (κ1) is 9.15. The molecule has 76 valence electrons. The first-order valence-corrected chi connectivity index (χ1v) is 4.41. The second-order valence-corrected chi connectivity index (χ2v) is 3.11. The van der Waals surface area contributed by atoms with Crippen molar-refractivity contribution in [1.82, 2.24) is 0 Å². The zero-order valence-corrected chi connectivity index (χ0v) is 7.90. The van der Waals surface area contributed by atoms with Gasteiger partial charge >= 0.3 is 0 Å². The van der Waals surface area contributed by atoms with Gasteiger partial charge in [0.25, 0.3) is 0 Å². The third kappa shape index (κ3) is 1.75. The number of ether oxygens (including phenoxy) is 3. The smallest absolute Gasteiger partial charge is 0.164 e. The molecule has 1 aromatic rings. The van der Waals surface area contributed by atoms with Crippen LogP contribution in [-0.2, 0) is 4.74 Å². The Kier molecular flexibility index (Phi) is 2.45. The summed E-state index contributed by atoms with van der Waals surface area (Å²) < 4.78 is 16.0. The summed E-state index contributed by atoms with van der Waals surface area (Å²) in [7, 11) is 1.62. The van der Waals surface area contributed by atoms with E-state index in [1.165, 1.54) is 6.07 Å². The number of phenols is 1. The Morgan fingerprint density at radius 2 is 2.00 bits per heavy atom. The molecule has 14 heavy (non-hydrogen) atoms. The molecule has 1 heterocycles. The Morgan fingerprint density at radius 1 is 1.29 bits per heavy atom. The van der Waals surface area contributed by atoms with Crippen LogP contribution in [0.5, 0.6) is 17.2 Å². The van der Waals surface area contributed by atoms with Crippen molar-refractivity contribution in [3.63, 3.8) is 0 Å². The van der Waals surface area contributed by atoms with E-state index in [-0.39, 0.29) is 11.9 Å². The highest BCUT2D eigenvalue weighted by atomic mass is 16.6. The number of rotatable bonds is 1. The van der Waals surface area contributed by atoms with Crippen molar-refractivity contribution >= 4 is 0 Å². The van der Waals surface area contributed by atoms with Crippen molar-refractivity contribution in [3.8, 4) is 17.2 Å². The summed E-state index contributed by atoms with van der Waals surface area (Å²) in [6.07, 6.45) is -0.0652. The van der Waals surface area contributed by atoms with Crippen LogP contribution in [0.4, 0.5) is 0 Å². The van der Waals surface area contributed by atoms with Gasteiger partial charge in [-0.1, -0.05) is 0 Å². The topological polar surface area (TPSA) is 47.9 Å². The van der Waals surface area contributed by atoms with Crippen LogP contribution in [0.25, 0.3) is 0 Å². The summed E-state index contributed by atoms with van der Waals surface area (Å²) in [6, 6.07) is 4.78. The van der Waals surface area contributed by atoms with Gasteiger partial charge in [-0.2, -0.15) is 0 Å². The van der Waals surface area contributed by atoms with Crippen LogP contribution in [0.15, 0.2) is 18.2 Å². The van der Waals surface area contributed by atoms with Gasteiger partial charge in [0.05, 0.1) is 0 Å². The molecule has 0 spiro atoms. The van der Waals surface area contributed by atoms with E-state index in [1.807, 2.05) is 0 Å². The predicted molar refractivity (Wildman–Crippen MR) is 49.9 cm³/mol. The van der Waals surface area contributed by atoms with E-state index in [4.69, 9.17) is 14.2 Å². The van der Waals surface area contributed by atoms with Gasteiger partial charge in [0, 0.05) is 13.2 Å². The van der Waals surface area contributed by atoms with Crippen LogP contribution in [-0.4, -0.2) is 31.5 Å². The molecule has 4 heteroatoms. The van der Waals surface area contributed by atoms with E-state index in [0.717, 1.165) is 0 Å². The SMILES string of the molecule is CO[C@@H]1COc2ccc(O)cc2OC1. The van der Waals surface area contributed by atoms with Gasteiger partial charge in [0.2, 0.25) is 0 Å². The summed E-state index contributed by atoms with van der Waals surface area (Å²) in [5, 5.41) is 9.24. The molecule has 1 aliphatic rings. The van der Waals surface area contributed by atoms with Crippen molar-refractivity contribution in [2.24, 2.45) is 0 Å². The lowest BCUT2D eigenvalue weighted by Gasteiger charge is -2.09. The molecule has 1 atom stereocenters. The molecule has 0 radical (unpaired) electrons. The third-order valence-electron chi connectivity index (χ3n) is 2.11. The van der Waals surface area contributed by atoms with E-state index in [2.05, 4.69) is 0 Å². The standard InChI is InChI=1S/C10H12O4/c1-12-8-5-13-9-3-2-7(11)4-10(9)14-6-8/h2-4,8,11H,5-6H2,1H3/t8-/m1/s1. The van der Waals surface area contributed by atoms with Crippen LogP contribution >= 0.6 is 0 Å². The van der Waals surface area contributed by atoms with Crippen LogP contribution in [0.3, 0.4) is 0 Å². The average Bonchev–Trinajstić information content (AvgIpc) is 2.39. The summed E-state index contributed by atoms with van der Waals surface area (Å²) in [5.41, 5.74) is 0. The van der Waals surface area contributed by atoms with Crippen molar-refractivity contribution in [3.05, 3.63) is 18.2 Å². The molecule has 0 bridgehead atoms. The van der Waals surface area contributed by atoms with E-state index >= 15 is 0 Å². The Hall–Kier alpha value is -1.42. The fourth-order valence-electron chi connectivity index (χ4n) is 1.28. The molecule has 0 unspecified atom stereocenters. The third-order valence-corrected chi connectivity index (χ3v) is 2.11. The Labute approximate surface area is 82.0 Å². The molecule has 1 aliphatic heterocycles. The van der Waals surface area contributed by atoms with Gasteiger partial charge in [-0.25, -0.2) is 0 Å². The maximum Gasteiger partial charge on any atom is 0.164 e. The van der Waals surface area contributed by atoms with Crippen molar-refractivity contribution in [1.29, 1.82) is 0 Å². The van der Waals surface area contributed by atoms with E-state index in [1.54, 1.807) is 19.2 Å². The minimum Gasteiger partial charge on any atom is -0.508 e. The molecule has 0 amide bonds. The molecular formula is C10H12O4. The monoisotopic (exact) mass is 196 g/mol. The molecule has 4 nitrogen and oxygen atoms in total. The van der Waals surface area contributed by atoms with Gasteiger partial charge < -0.3 is 19.3 Å². The molecule has 0 fully saturated rings. The second-order valence-electron chi connectivity index (χ2n) is 3.11. The van der Waals surface area contributed by atoms with Crippen molar-refractivity contribution in [2.45, 2.75) is 6.10 Å². The maximum absolute atomic E-state index is 9.24. The molecule has 0 aromatic heterocycles. The lowest BCUT2D eigenvalue weighted by atomic mass is 10.3. The van der Waals surface area contributed by atoms with Crippen molar-refractivity contribution < 1.29 is 19.3 Å². The highest BCUT2D eigenvalue weighted by Gasteiger charge is 2.17. The summed E-state index contributed by atoms with van der Waals surface area (Å²) in [6.45, 7) is 0.904. The van der Waals surface area contributed by atoms with Gasteiger partial charge in [-0.15, -0.1) is 0 Å². The minimum atomic E-state index is -0.0652. The fraction of sp³-hybridized carbons (Fsp3) is 0.400. The number of phenolic OH excluding ortho intramolecular Hbond substituents is 1. The van der Waals surface area contributed by atoms with Crippen LogP contribution < -0.4 is 9.47 Å². The van der Waals surface area contributed by atoms with E-state index in [0.29, 0.717) is 24.7 Å². The summed E-state index contributed by atoms with van der Waals surface area (Å²) in [5.74, 6) is 1.37. The van der Waals surface area contributed by atoms with Crippen LogP contribution in [0.1, 0.15) is 0 Å². The molecule has 1 aromatic carbocycles. The summed E-state index contributed by atoms with van der Waals surface area (Å²) >= 11 is 0. The molecule has 1 N–H and O–H groups in total. The fourth-order valence-corrected chi connectivity index (χ4v) is 1.28. The van der Waals surface area contributed by atoms with Gasteiger partial charge in [-0.3, -0.25) is 0 Å². The number of hydrogen-bond acceptors (Lipinski definition) is 4. The van der Waals surface area contributed by atoms with Crippen LogP contribution in [0.2, 0.25) is 0 Å². The first-order chi connectivity index (χ1) is 6.79. The number of benzene rings is 1. The Morgan fingerprint density at radius 3 is 2.71 bits per heavy atom. The lowest BCUT2D eigenvalue weighted by Crippen LogP contribution is -2.24. The van der Waals surface area contributed by atoms with Gasteiger partial charge in [0.15, 0.2) is 11.5 Å². The normalized spacial score (nSPS) is 20.2. The zero-order valence-electron chi connectivity index (χ0n) is 7.90. The first-order valence-electron chi connectivity index (χ1n) is 4.41.